The Morgan fingerprint density at radius 1 is 1.44 bits per heavy atom. The van der Waals surface area contributed by atoms with Crippen molar-refractivity contribution in [2.24, 2.45) is 0 Å². The van der Waals surface area contributed by atoms with Crippen LogP contribution in [0.2, 0.25) is 0 Å². The molecule has 1 aliphatic heterocycles. The number of thioether (sulfide) groups is 1. The van der Waals surface area contributed by atoms with Crippen LogP contribution in [-0.2, 0) is 4.74 Å². The maximum atomic E-state index is 11.0. The summed E-state index contributed by atoms with van der Waals surface area (Å²) in [7, 11) is 0. The van der Waals surface area contributed by atoms with Gasteiger partial charge in [-0.15, -0.1) is 11.8 Å². The number of aliphatic hydroxyl groups excluding tert-OH is 1. The van der Waals surface area contributed by atoms with Crippen molar-refractivity contribution >= 4 is 17.9 Å². The second kappa shape index (κ2) is 5.23. The first-order chi connectivity index (χ1) is 7.75. The van der Waals surface area contributed by atoms with Crippen molar-refractivity contribution in [2.75, 3.05) is 12.4 Å². The number of aliphatic hydroxyl groups is 1. The fraction of sp³-hybridized carbons (Fsp3) is 0.364. The largest absolute Gasteiger partial charge is 0.447 e. The van der Waals surface area contributed by atoms with E-state index in [1.807, 2.05) is 30.3 Å². The van der Waals surface area contributed by atoms with Crippen LogP contribution >= 0.6 is 11.8 Å². The Hall–Kier alpha value is -1.20. The number of benzene rings is 1. The monoisotopic (exact) mass is 239 g/mol. The Kier molecular flexibility index (Phi) is 3.69. The van der Waals surface area contributed by atoms with Crippen LogP contribution in [0.3, 0.4) is 0 Å². The Balaban J connectivity index is 1.87. The van der Waals surface area contributed by atoms with Crippen LogP contribution in [0.25, 0.3) is 0 Å². The van der Waals surface area contributed by atoms with Crippen molar-refractivity contribution in [3.05, 3.63) is 30.3 Å². The number of alkyl carbamates (subject to hydrolysis) is 1. The Morgan fingerprint density at radius 2 is 2.19 bits per heavy atom. The standard InChI is InChI=1S/C11H13NO3S/c13-10-6-15-11(14)12-9(10)7-16-8-4-2-1-3-5-8/h1-5,9-10,13H,6-7H2,(H,12,14)/t9-,10-/m1/s1. The molecule has 1 saturated heterocycles. The van der Waals surface area contributed by atoms with Gasteiger partial charge in [0.05, 0.1) is 6.04 Å². The molecule has 0 unspecified atom stereocenters. The maximum absolute atomic E-state index is 11.0. The summed E-state index contributed by atoms with van der Waals surface area (Å²) in [5, 5.41) is 12.2. The third-order valence-electron chi connectivity index (χ3n) is 2.33. The third kappa shape index (κ3) is 2.90. The van der Waals surface area contributed by atoms with E-state index in [1.165, 1.54) is 0 Å². The predicted molar refractivity (Wildman–Crippen MR) is 61.4 cm³/mol. The first-order valence-corrected chi connectivity index (χ1v) is 6.03. The Labute approximate surface area is 98.0 Å². The van der Waals surface area contributed by atoms with Gasteiger partial charge in [-0.05, 0) is 12.1 Å². The molecule has 16 heavy (non-hydrogen) atoms. The molecule has 1 aromatic rings. The lowest BCUT2D eigenvalue weighted by atomic mass is 10.2. The number of cyclic esters (lactones) is 1. The van der Waals surface area contributed by atoms with E-state index in [1.54, 1.807) is 11.8 Å². The molecule has 2 rings (SSSR count). The highest BCUT2D eigenvalue weighted by molar-refractivity contribution is 7.99. The van der Waals surface area contributed by atoms with E-state index in [0.717, 1.165) is 4.90 Å². The van der Waals surface area contributed by atoms with E-state index in [2.05, 4.69) is 10.1 Å². The van der Waals surface area contributed by atoms with Crippen LogP contribution in [0, 0.1) is 0 Å². The summed E-state index contributed by atoms with van der Waals surface area (Å²) in [5.74, 6) is 0.639. The minimum atomic E-state index is -0.631. The number of carbonyl (C=O) groups excluding carboxylic acids is 1. The molecule has 1 heterocycles. The molecule has 0 radical (unpaired) electrons. The molecule has 1 fully saturated rings. The molecule has 0 aromatic heterocycles. The van der Waals surface area contributed by atoms with Gasteiger partial charge in [0.25, 0.3) is 0 Å². The van der Waals surface area contributed by atoms with Crippen LogP contribution in [0.15, 0.2) is 35.2 Å². The maximum Gasteiger partial charge on any atom is 0.407 e. The molecular formula is C11H13NO3S. The van der Waals surface area contributed by atoms with Crippen LogP contribution in [0.5, 0.6) is 0 Å². The number of carbonyl (C=O) groups is 1. The first-order valence-electron chi connectivity index (χ1n) is 5.05. The van der Waals surface area contributed by atoms with Gasteiger partial charge in [0.15, 0.2) is 0 Å². The van der Waals surface area contributed by atoms with E-state index in [-0.39, 0.29) is 12.6 Å². The van der Waals surface area contributed by atoms with Gasteiger partial charge in [-0.2, -0.15) is 0 Å². The molecule has 5 heteroatoms. The molecule has 86 valence electrons. The highest BCUT2D eigenvalue weighted by atomic mass is 32.2. The molecule has 2 atom stereocenters. The van der Waals surface area contributed by atoms with E-state index < -0.39 is 12.2 Å². The van der Waals surface area contributed by atoms with Gasteiger partial charge in [-0.1, -0.05) is 18.2 Å². The number of hydrogen-bond acceptors (Lipinski definition) is 4. The van der Waals surface area contributed by atoms with Gasteiger partial charge in [0, 0.05) is 10.6 Å². The van der Waals surface area contributed by atoms with Gasteiger partial charge < -0.3 is 15.2 Å². The quantitative estimate of drug-likeness (QED) is 0.779. The Morgan fingerprint density at radius 3 is 2.94 bits per heavy atom. The lowest BCUT2D eigenvalue weighted by Crippen LogP contribution is -2.52. The summed E-state index contributed by atoms with van der Waals surface area (Å²) < 4.78 is 4.66. The van der Waals surface area contributed by atoms with Crippen molar-refractivity contribution < 1.29 is 14.6 Å². The molecule has 0 spiro atoms. The van der Waals surface area contributed by atoms with Gasteiger partial charge >= 0.3 is 6.09 Å². The topological polar surface area (TPSA) is 58.6 Å². The average Bonchev–Trinajstić information content (AvgIpc) is 2.32. The predicted octanol–water partition coefficient (Wildman–Crippen LogP) is 1.25. The molecule has 1 amide bonds. The number of rotatable bonds is 3. The normalized spacial score (nSPS) is 24.7. The average molecular weight is 239 g/mol. The fourth-order valence-corrected chi connectivity index (χ4v) is 2.45. The lowest BCUT2D eigenvalue weighted by Gasteiger charge is -2.28. The van der Waals surface area contributed by atoms with E-state index in [4.69, 9.17) is 0 Å². The van der Waals surface area contributed by atoms with Crippen molar-refractivity contribution in [1.82, 2.24) is 5.32 Å². The zero-order valence-electron chi connectivity index (χ0n) is 8.63. The van der Waals surface area contributed by atoms with Gasteiger partial charge in [0.1, 0.15) is 12.7 Å². The van der Waals surface area contributed by atoms with Crippen LogP contribution in [0.1, 0.15) is 0 Å². The minimum Gasteiger partial charge on any atom is -0.447 e. The minimum absolute atomic E-state index is 0.0752. The van der Waals surface area contributed by atoms with Crippen LogP contribution in [-0.4, -0.2) is 35.7 Å². The molecule has 0 bridgehead atoms. The Bertz CT molecular complexity index is 358. The zero-order valence-corrected chi connectivity index (χ0v) is 9.44. The van der Waals surface area contributed by atoms with Crippen molar-refractivity contribution in [3.63, 3.8) is 0 Å². The second-order valence-electron chi connectivity index (χ2n) is 3.54. The molecule has 1 aromatic carbocycles. The summed E-state index contributed by atoms with van der Waals surface area (Å²) in [6, 6.07) is 9.63. The summed E-state index contributed by atoms with van der Waals surface area (Å²) >= 11 is 1.60. The zero-order chi connectivity index (χ0) is 11.4. The number of amides is 1. The van der Waals surface area contributed by atoms with Gasteiger partial charge in [-0.3, -0.25) is 0 Å². The summed E-state index contributed by atoms with van der Waals surface area (Å²) in [4.78, 5) is 12.1. The second-order valence-corrected chi connectivity index (χ2v) is 4.63. The molecule has 0 saturated carbocycles. The summed E-state index contributed by atoms with van der Waals surface area (Å²) in [6.07, 6.45) is -1.09. The van der Waals surface area contributed by atoms with Crippen molar-refractivity contribution in [1.29, 1.82) is 0 Å². The summed E-state index contributed by atoms with van der Waals surface area (Å²) in [5.41, 5.74) is 0. The fourth-order valence-electron chi connectivity index (χ4n) is 1.42. The van der Waals surface area contributed by atoms with E-state index in [9.17, 15) is 9.90 Å². The summed E-state index contributed by atoms with van der Waals surface area (Å²) in [6.45, 7) is 0.0752. The SMILES string of the molecule is O=C1N[C@H](CSc2ccccc2)[C@H](O)CO1. The molecule has 1 aliphatic rings. The van der Waals surface area contributed by atoms with Crippen LogP contribution < -0.4 is 5.32 Å². The van der Waals surface area contributed by atoms with Crippen LogP contribution in [0.4, 0.5) is 4.79 Å². The molecular weight excluding hydrogens is 226 g/mol. The highest BCUT2D eigenvalue weighted by Gasteiger charge is 2.27. The van der Waals surface area contributed by atoms with Crippen molar-refractivity contribution in [3.8, 4) is 0 Å². The van der Waals surface area contributed by atoms with Gasteiger partial charge in [0.2, 0.25) is 0 Å². The lowest BCUT2D eigenvalue weighted by molar-refractivity contribution is 0.0213. The number of nitrogens with one attached hydrogen (secondary N) is 1. The smallest absolute Gasteiger partial charge is 0.407 e. The molecule has 0 aliphatic carbocycles. The third-order valence-corrected chi connectivity index (χ3v) is 3.46. The van der Waals surface area contributed by atoms with Gasteiger partial charge in [-0.25, -0.2) is 4.79 Å². The highest BCUT2D eigenvalue weighted by Crippen LogP contribution is 2.19. The van der Waals surface area contributed by atoms with Crippen molar-refractivity contribution in [2.45, 2.75) is 17.0 Å². The first kappa shape index (κ1) is 11.3. The molecule has 2 N–H and O–H groups in total. The molecule has 4 nitrogen and oxygen atoms in total. The van der Waals surface area contributed by atoms with E-state index in [0.29, 0.717) is 5.75 Å². The van der Waals surface area contributed by atoms with E-state index >= 15 is 0 Å². The number of ether oxygens (including phenoxy) is 1. The number of hydrogen-bond donors (Lipinski definition) is 2.